The fourth-order valence-electron chi connectivity index (χ4n) is 2.38. The van der Waals surface area contributed by atoms with E-state index in [-0.39, 0.29) is 12.1 Å². The second-order valence-corrected chi connectivity index (χ2v) is 5.69. The van der Waals surface area contributed by atoms with Gasteiger partial charge in [0, 0.05) is 30.9 Å². The fourth-order valence-corrected chi connectivity index (χ4v) is 3.07. The highest BCUT2D eigenvalue weighted by Gasteiger charge is 2.21. The van der Waals surface area contributed by atoms with Crippen LogP contribution in [-0.4, -0.2) is 29.5 Å². The Morgan fingerprint density at radius 1 is 1.37 bits per heavy atom. The normalized spacial score (nSPS) is 14.5. The lowest BCUT2D eigenvalue weighted by atomic mass is 10.0. The lowest BCUT2D eigenvalue weighted by molar-refractivity contribution is 0.221. The predicted octanol–water partition coefficient (Wildman–Crippen LogP) is 2.71. The van der Waals surface area contributed by atoms with E-state index in [9.17, 15) is 0 Å². The minimum absolute atomic E-state index is 0.114. The van der Waals surface area contributed by atoms with Crippen LogP contribution in [0.25, 0.3) is 0 Å². The van der Waals surface area contributed by atoms with Crippen molar-refractivity contribution in [2.75, 3.05) is 13.6 Å². The summed E-state index contributed by atoms with van der Waals surface area (Å²) in [5, 5.41) is 4.29. The number of pyridine rings is 1. The molecule has 19 heavy (non-hydrogen) atoms. The Kier molecular flexibility index (Phi) is 5.07. The van der Waals surface area contributed by atoms with E-state index in [1.807, 2.05) is 18.3 Å². The molecule has 0 fully saturated rings. The topological polar surface area (TPSA) is 42.1 Å². The van der Waals surface area contributed by atoms with Crippen LogP contribution < -0.4 is 5.73 Å². The zero-order chi connectivity index (χ0) is 13.7. The molecule has 102 valence electrons. The van der Waals surface area contributed by atoms with Crippen LogP contribution in [0.5, 0.6) is 0 Å². The molecule has 0 radical (unpaired) electrons. The van der Waals surface area contributed by atoms with E-state index in [0.29, 0.717) is 0 Å². The van der Waals surface area contributed by atoms with Gasteiger partial charge in [-0.25, -0.2) is 0 Å². The molecule has 0 saturated heterocycles. The third-order valence-electron chi connectivity index (χ3n) is 3.30. The Hall–Kier alpha value is -1.23. The van der Waals surface area contributed by atoms with Gasteiger partial charge in [-0.1, -0.05) is 6.07 Å². The summed E-state index contributed by atoms with van der Waals surface area (Å²) in [6.45, 7) is 3.03. The maximum Gasteiger partial charge on any atom is 0.0501 e. The van der Waals surface area contributed by atoms with Crippen LogP contribution in [0, 0.1) is 0 Å². The standard InChI is InChI=1S/C15H21N3S/c1-12(16)15(13-7-10-19-11-13)18(2)9-6-14-5-3-4-8-17-14/h3-5,7-8,10-12,15H,6,9,16H2,1-2H3. The smallest absolute Gasteiger partial charge is 0.0501 e. The van der Waals surface area contributed by atoms with Crippen LogP contribution in [0.2, 0.25) is 0 Å². The van der Waals surface area contributed by atoms with E-state index >= 15 is 0 Å². The molecular formula is C15H21N3S. The number of nitrogens with two attached hydrogens (primary N) is 1. The third kappa shape index (κ3) is 3.86. The van der Waals surface area contributed by atoms with Crippen molar-refractivity contribution in [1.82, 2.24) is 9.88 Å². The molecule has 2 rings (SSSR count). The highest BCUT2D eigenvalue weighted by molar-refractivity contribution is 7.07. The van der Waals surface area contributed by atoms with E-state index in [1.54, 1.807) is 11.3 Å². The number of nitrogens with zero attached hydrogens (tertiary/aromatic N) is 2. The predicted molar refractivity (Wildman–Crippen MR) is 81.3 cm³/mol. The molecule has 2 heterocycles. The van der Waals surface area contributed by atoms with Gasteiger partial charge in [0.1, 0.15) is 0 Å². The number of likely N-dealkylation sites (N-methyl/N-ethyl adjacent to an activating group) is 1. The first-order valence-corrected chi connectivity index (χ1v) is 7.50. The van der Waals surface area contributed by atoms with Gasteiger partial charge in [-0.15, -0.1) is 0 Å². The van der Waals surface area contributed by atoms with Crippen LogP contribution in [0.1, 0.15) is 24.2 Å². The van der Waals surface area contributed by atoms with Crippen molar-refractivity contribution in [3.63, 3.8) is 0 Å². The van der Waals surface area contributed by atoms with Crippen molar-refractivity contribution in [2.45, 2.75) is 25.4 Å². The Morgan fingerprint density at radius 3 is 2.79 bits per heavy atom. The van der Waals surface area contributed by atoms with Crippen LogP contribution in [0.15, 0.2) is 41.2 Å². The molecule has 2 atom stereocenters. The zero-order valence-corrected chi connectivity index (χ0v) is 12.3. The Morgan fingerprint density at radius 2 is 2.21 bits per heavy atom. The minimum atomic E-state index is 0.114. The van der Waals surface area contributed by atoms with E-state index in [4.69, 9.17) is 5.73 Å². The molecule has 0 aliphatic carbocycles. The molecule has 4 heteroatoms. The van der Waals surface area contributed by atoms with Gasteiger partial charge in [-0.05, 0) is 48.5 Å². The first kappa shape index (κ1) is 14.2. The maximum absolute atomic E-state index is 6.15. The first-order valence-electron chi connectivity index (χ1n) is 6.56. The van der Waals surface area contributed by atoms with Crippen molar-refractivity contribution in [1.29, 1.82) is 0 Å². The highest BCUT2D eigenvalue weighted by Crippen LogP contribution is 2.24. The summed E-state index contributed by atoms with van der Waals surface area (Å²) in [6, 6.07) is 8.60. The number of hydrogen-bond acceptors (Lipinski definition) is 4. The van der Waals surface area contributed by atoms with Gasteiger partial charge in [0.05, 0.1) is 6.04 Å². The second kappa shape index (κ2) is 6.80. The van der Waals surface area contributed by atoms with Crippen molar-refractivity contribution in [3.05, 3.63) is 52.5 Å². The number of hydrogen-bond donors (Lipinski definition) is 1. The zero-order valence-electron chi connectivity index (χ0n) is 11.5. The lowest BCUT2D eigenvalue weighted by Gasteiger charge is -2.30. The van der Waals surface area contributed by atoms with Gasteiger partial charge in [-0.3, -0.25) is 9.88 Å². The van der Waals surface area contributed by atoms with Gasteiger partial charge in [-0.2, -0.15) is 11.3 Å². The molecule has 2 aromatic heterocycles. The average molecular weight is 275 g/mol. The van der Waals surface area contributed by atoms with Crippen LogP contribution in [0.3, 0.4) is 0 Å². The monoisotopic (exact) mass is 275 g/mol. The highest BCUT2D eigenvalue weighted by atomic mass is 32.1. The van der Waals surface area contributed by atoms with Crippen molar-refractivity contribution < 1.29 is 0 Å². The number of thiophene rings is 1. The van der Waals surface area contributed by atoms with Crippen LogP contribution >= 0.6 is 11.3 Å². The van der Waals surface area contributed by atoms with E-state index in [1.165, 1.54) is 5.56 Å². The molecule has 0 saturated carbocycles. The van der Waals surface area contributed by atoms with Gasteiger partial charge in [0.15, 0.2) is 0 Å². The van der Waals surface area contributed by atoms with Gasteiger partial charge in [0.2, 0.25) is 0 Å². The second-order valence-electron chi connectivity index (χ2n) is 4.91. The SMILES string of the molecule is CC(N)C(c1ccsc1)N(C)CCc1ccccn1. The summed E-state index contributed by atoms with van der Waals surface area (Å²) in [6.07, 6.45) is 2.79. The summed E-state index contributed by atoms with van der Waals surface area (Å²) in [4.78, 5) is 6.68. The van der Waals surface area contributed by atoms with E-state index in [0.717, 1.165) is 18.7 Å². The van der Waals surface area contributed by atoms with Crippen LogP contribution in [-0.2, 0) is 6.42 Å². The molecule has 3 nitrogen and oxygen atoms in total. The van der Waals surface area contributed by atoms with Gasteiger partial charge < -0.3 is 5.73 Å². The first-order chi connectivity index (χ1) is 9.18. The molecule has 0 bridgehead atoms. The average Bonchev–Trinajstić information content (AvgIpc) is 2.91. The molecule has 0 aromatic carbocycles. The Labute approximate surface area is 119 Å². The largest absolute Gasteiger partial charge is 0.326 e. The molecule has 2 unspecified atom stereocenters. The van der Waals surface area contributed by atoms with Crippen molar-refractivity contribution in [3.8, 4) is 0 Å². The molecule has 0 aliphatic heterocycles. The number of aromatic nitrogens is 1. The Bertz CT molecular complexity index is 467. The summed E-state index contributed by atoms with van der Waals surface area (Å²) in [5.41, 5.74) is 8.58. The van der Waals surface area contributed by atoms with Gasteiger partial charge in [0.25, 0.3) is 0 Å². The summed E-state index contributed by atoms with van der Waals surface area (Å²) in [7, 11) is 2.13. The lowest BCUT2D eigenvalue weighted by Crippen LogP contribution is -2.38. The van der Waals surface area contributed by atoms with Crippen LogP contribution in [0.4, 0.5) is 0 Å². The molecule has 2 aromatic rings. The van der Waals surface area contributed by atoms with E-state index in [2.05, 4.69) is 46.7 Å². The molecule has 0 aliphatic rings. The van der Waals surface area contributed by atoms with E-state index < -0.39 is 0 Å². The fraction of sp³-hybridized carbons (Fsp3) is 0.400. The summed E-state index contributed by atoms with van der Waals surface area (Å²) < 4.78 is 0. The van der Waals surface area contributed by atoms with Gasteiger partial charge >= 0.3 is 0 Å². The summed E-state index contributed by atoms with van der Waals surface area (Å²) in [5.74, 6) is 0. The molecule has 0 amide bonds. The Balaban J connectivity index is 1.99. The van der Waals surface area contributed by atoms with Crippen molar-refractivity contribution in [2.24, 2.45) is 5.73 Å². The third-order valence-corrected chi connectivity index (χ3v) is 4.01. The van der Waals surface area contributed by atoms with Crippen molar-refractivity contribution >= 4 is 11.3 Å². The molecule has 2 N–H and O–H groups in total. The number of rotatable bonds is 6. The summed E-state index contributed by atoms with van der Waals surface area (Å²) >= 11 is 1.72. The molecular weight excluding hydrogens is 254 g/mol. The quantitative estimate of drug-likeness (QED) is 0.881. The minimum Gasteiger partial charge on any atom is -0.326 e. The maximum atomic E-state index is 6.15. The molecule has 0 spiro atoms.